The summed E-state index contributed by atoms with van der Waals surface area (Å²) >= 11 is 0. The van der Waals surface area contributed by atoms with Gasteiger partial charge < -0.3 is 15.8 Å². The van der Waals surface area contributed by atoms with Gasteiger partial charge in [0.2, 0.25) is 0 Å². The van der Waals surface area contributed by atoms with Crippen molar-refractivity contribution >= 4 is 11.2 Å². The third-order valence-corrected chi connectivity index (χ3v) is 4.69. The fourth-order valence-electron chi connectivity index (χ4n) is 3.18. The van der Waals surface area contributed by atoms with E-state index in [2.05, 4.69) is 39.8 Å². The van der Waals surface area contributed by atoms with E-state index in [9.17, 15) is 0 Å². The molecule has 0 spiro atoms. The Bertz CT molecular complexity index is 838. The SMILES string of the molecule is NC1(c2cccc(NCc3cnn4ncccc34)c2)CCOCC1. The zero-order valence-corrected chi connectivity index (χ0v) is 13.5. The number of fused-ring (bicyclic) bond motifs is 1. The highest BCUT2D eigenvalue weighted by molar-refractivity contribution is 5.55. The van der Waals surface area contributed by atoms with Crippen LogP contribution in [0.5, 0.6) is 0 Å². The van der Waals surface area contributed by atoms with Crippen molar-refractivity contribution < 1.29 is 4.74 Å². The van der Waals surface area contributed by atoms with Gasteiger partial charge in [0.1, 0.15) is 0 Å². The van der Waals surface area contributed by atoms with E-state index in [1.54, 1.807) is 10.8 Å². The first kappa shape index (κ1) is 15.1. The van der Waals surface area contributed by atoms with Gasteiger partial charge in [0.05, 0.1) is 11.7 Å². The normalized spacial score (nSPS) is 17.0. The first-order valence-corrected chi connectivity index (χ1v) is 8.24. The van der Waals surface area contributed by atoms with Gasteiger partial charge in [-0.25, -0.2) is 0 Å². The minimum atomic E-state index is -0.287. The number of rotatable bonds is 4. The molecule has 0 unspecified atom stereocenters. The summed E-state index contributed by atoms with van der Waals surface area (Å²) in [7, 11) is 0. The number of nitrogens with one attached hydrogen (secondary N) is 1. The molecule has 4 rings (SSSR count). The molecule has 1 saturated heterocycles. The molecule has 124 valence electrons. The monoisotopic (exact) mass is 323 g/mol. The standard InChI is InChI=1S/C18H21N5O/c19-18(6-9-24-10-7-18)15-3-1-4-16(11-15)20-12-14-13-22-23-17(14)5-2-8-21-23/h1-5,8,11,13,20H,6-7,9-10,12,19H2. The Labute approximate surface area is 140 Å². The average molecular weight is 323 g/mol. The van der Waals surface area contributed by atoms with Gasteiger partial charge in [-0.1, -0.05) is 12.1 Å². The molecule has 0 aliphatic carbocycles. The first-order valence-electron chi connectivity index (χ1n) is 8.24. The van der Waals surface area contributed by atoms with Gasteiger partial charge in [-0.3, -0.25) is 0 Å². The first-order chi connectivity index (χ1) is 11.7. The van der Waals surface area contributed by atoms with E-state index in [1.807, 2.05) is 18.3 Å². The molecule has 24 heavy (non-hydrogen) atoms. The number of hydrogen-bond donors (Lipinski definition) is 2. The van der Waals surface area contributed by atoms with Crippen LogP contribution in [0.4, 0.5) is 5.69 Å². The van der Waals surface area contributed by atoms with Gasteiger partial charge in [-0.05, 0) is 42.7 Å². The minimum Gasteiger partial charge on any atom is -0.381 e. The van der Waals surface area contributed by atoms with E-state index in [4.69, 9.17) is 10.5 Å². The summed E-state index contributed by atoms with van der Waals surface area (Å²) in [5.74, 6) is 0. The molecule has 3 N–H and O–H groups in total. The molecule has 3 heterocycles. The number of ether oxygens (including phenoxy) is 1. The lowest BCUT2D eigenvalue weighted by Crippen LogP contribution is -2.42. The summed E-state index contributed by atoms with van der Waals surface area (Å²) in [6, 6.07) is 12.3. The van der Waals surface area contributed by atoms with Crippen LogP contribution in [0.3, 0.4) is 0 Å². The molecule has 1 aliphatic heterocycles. The van der Waals surface area contributed by atoms with Gasteiger partial charge >= 0.3 is 0 Å². The average Bonchev–Trinajstić information content (AvgIpc) is 3.04. The molecule has 3 aromatic rings. The predicted octanol–water partition coefficient (Wildman–Crippen LogP) is 2.31. The fourth-order valence-corrected chi connectivity index (χ4v) is 3.18. The number of aromatic nitrogens is 3. The molecule has 0 bridgehead atoms. The van der Waals surface area contributed by atoms with Crippen molar-refractivity contribution in [2.24, 2.45) is 5.73 Å². The Hall–Kier alpha value is -2.44. The van der Waals surface area contributed by atoms with Gasteiger partial charge in [0.25, 0.3) is 0 Å². The summed E-state index contributed by atoms with van der Waals surface area (Å²) < 4.78 is 7.09. The van der Waals surface area contributed by atoms with Crippen molar-refractivity contribution in [3.8, 4) is 0 Å². The van der Waals surface area contributed by atoms with E-state index < -0.39 is 0 Å². The maximum atomic E-state index is 6.59. The largest absolute Gasteiger partial charge is 0.381 e. The van der Waals surface area contributed by atoms with E-state index >= 15 is 0 Å². The van der Waals surface area contributed by atoms with Gasteiger partial charge in [0.15, 0.2) is 0 Å². The van der Waals surface area contributed by atoms with Crippen molar-refractivity contribution in [2.75, 3.05) is 18.5 Å². The van der Waals surface area contributed by atoms with E-state index in [-0.39, 0.29) is 5.54 Å². The van der Waals surface area contributed by atoms with Crippen molar-refractivity contribution in [3.63, 3.8) is 0 Å². The highest BCUT2D eigenvalue weighted by Gasteiger charge is 2.29. The Kier molecular flexibility index (Phi) is 3.92. The zero-order chi connectivity index (χ0) is 16.4. The number of nitrogens with two attached hydrogens (primary N) is 1. The van der Waals surface area contributed by atoms with Crippen LogP contribution in [0.25, 0.3) is 5.52 Å². The second kappa shape index (κ2) is 6.22. The van der Waals surface area contributed by atoms with Crippen LogP contribution in [0.15, 0.2) is 48.8 Å². The maximum absolute atomic E-state index is 6.59. The molecule has 6 nitrogen and oxygen atoms in total. The Morgan fingerprint density at radius 1 is 1.17 bits per heavy atom. The van der Waals surface area contributed by atoms with Gasteiger partial charge in [-0.15, -0.1) is 0 Å². The smallest absolute Gasteiger partial charge is 0.0923 e. The van der Waals surface area contributed by atoms with Crippen molar-refractivity contribution in [1.29, 1.82) is 0 Å². The van der Waals surface area contributed by atoms with Crippen molar-refractivity contribution in [2.45, 2.75) is 24.9 Å². The zero-order valence-electron chi connectivity index (χ0n) is 13.5. The highest BCUT2D eigenvalue weighted by atomic mass is 16.5. The molecule has 1 fully saturated rings. The second-order valence-corrected chi connectivity index (χ2v) is 6.27. The molecular weight excluding hydrogens is 302 g/mol. The van der Waals surface area contributed by atoms with Crippen molar-refractivity contribution in [1.82, 2.24) is 14.8 Å². The summed E-state index contributed by atoms with van der Waals surface area (Å²) in [5.41, 5.74) is 10.7. The highest BCUT2D eigenvalue weighted by Crippen LogP contribution is 2.30. The lowest BCUT2D eigenvalue weighted by Gasteiger charge is -2.34. The lowest BCUT2D eigenvalue weighted by atomic mass is 9.83. The Morgan fingerprint density at radius 2 is 2.04 bits per heavy atom. The lowest BCUT2D eigenvalue weighted by molar-refractivity contribution is 0.0523. The fraction of sp³-hybridized carbons (Fsp3) is 0.333. The molecule has 1 aliphatic rings. The minimum absolute atomic E-state index is 0.287. The van der Waals surface area contributed by atoms with Crippen LogP contribution >= 0.6 is 0 Å². The number of nitrogens with zero attached hydrogens (tertiary/aromatic N) is 3. The molecule has 1 aromatic carbocycles. The molecule has 6 heteroatoms. The molecular formula is C18H21N5O. The quantitative estimate of drug-likeness (QED) is 0.770. The van der Waals surface area contributed by atoms with Crippen LogP contribution in [-0.4, -0.2) is 28.0 Å². The van der Waals surface area contributed by atoms with E-state index in [0.717, 1.165) is 48.4 Å². The third-order valence-electron chi connectivity index (χ3n) is 4.69. The van der Waals surface area contributed by atoms with E-state index in [0.29, 0.717) is 6.54 Å². The van der Waals surface area contributed by atoms with Crippen LogP contribution in [0, 0.1) is 0 Å². The summed E-state index contributed by atoms with van der Waals surface area (Å²) in [6.07, 6.45) is 5.30. The number of benzene rings is 1. The van der Waals surface area contributed by atoms with Gasteiger partial charge in [-0.2, -0.15) is 14.8 Å². The summed E-state index contributed by atoms with van der Waals surface area (Å²) in [5, 5.41) is 11.9. The van der Waals surface area contributed by atoms with Gasteiger partial charge in [0, 0.05) is 42.7 Å². The topological polar surface area (TPSA) is 77.5 Å². The third kappa shape index (κ3) is 2.86. The molecule has 2 aromatic heterocycles. The number of anilines is 1. The van der Waals surface area contributed by atoms with Crippen LogP contribution < -0.4 is 11.1 Å². The summed E-state index contributed by atoms with van der Waals surface area (Å²) in [6.45, 7) is 2.15. The maximum Gasteiger partial charge on any atom is 0.0923 e. The van der Waals surface area contributed by atoms with Crippen LogP contribution in [0.1, 0.15) is 24.0 Å². The van der Waals surface area contributed by atoms with E-state index in [1.165, 1.54) is 0 Å². The Balaban J connectivity index is 1.52. The molecule has 0 radical (unpaired) electrons. The Morgan fingerprint density at radius 3 is 2.92 bits per heavy atom. The molecule has 0 saturated carbocycles. The molecule has 0 atom stereocenters. The van der Waals surface area contributed by atoms with Crippen LogP contribution in [-0.2, 0) is 16.8 Å². The number of hydrogen-bond acceptors (Lipinski definition) is 5. The summed E-state index contributed by atoms with van der Waals surface area (Å²) in [4.78, 5) is 0. The second-order valence-electron chi connectivity index (χ2n) is 6.27. The van der Waals surface area contributed by atoms with Crippen molar-refractivity contribution in [3.05, 3.63) is 59.9 Å². The predicted molar refractivity (Wildman–Crippen MR) is 92.7 cm³/mol. The molecule has 0 amide bonds. The van der Waals surface area contributed by atoms with Crippen LogP contribution in [0.2, 0.25) is 0 Å².